The first-order valence-electron chi connectivity index (χ1n) is 13.8. The maximum Gasteiger partial charge on any atom is 0.273 e. The van der Waals surface area contributed by atoms with Crippen molar-refractivity contribution < 1.29 is 27.7 Å². The number of sulfonamides is 1. The number of carbonyl (C=O) groups is 2. The summed E-state index contributed by atoms with van der Waals surface area (Å²) in [6, 6.07) is 13.4. The summed E-state index contributed by atoms with van der Waals surface area (Å²) >= 11 is 12.3. The number of nitrogens with zero attached hydrogens (tertiary/aromatic N) is 3. The predicted octanol–water partition coefficient (Wildman–Crippen LogP) is 5.75. The Kier molecular flexibility index (Phi) is 12.0. The largest absolute Gasteiger partial charge is 0.497 e. The minimum absolute atomic E-state index is 0.0692. The highest BCUT2D eigenvalue weighted by Gasteiger charge is 2.34. The number of benzene rings is 3. The van der Waals surface area contributed by atoms with Gasteiger partial charge in [0.1, 0.15) is 18.3 Å². The summed E-state index contributed by atoms with van der Waals surface area (Å²) in [7, 11) is -3.07. The van der Waals surface area contributed by atoms with E-state index >= 15 is 0 Å². The number of hydrogen-bond acceptors (Lipinski definition) is 7. The smallest absolute Gasteiger partial charge is 0.273 e. The zero-order valence-corrected chi connectivity index (χ0v) is 27.1. The first-order valence-corrected chi connectivity index (χ1v) is 16.0. The van der Waals surface area contributed by atoms with E-state index in [1.165, 1.54) is 55.3 Å². The third-order valence-electron chi connectivity index (χ3n) is 6.88. The molecule has 14 heteroatoms. The first kappa shape index (κ1) is 34.6. The number of rotatable bonds is 14. The predicted molar refractivity (Wildman–Crippen MR) is 170 cm³/mol. The van der Waals surface area contributed by atoms with Crippen molar-refractivity contribution in [2.45, 2.75) is 51.1 Å². The Morgan fingerprint density at radius 1 is 1.02 bits per heavy atom. The van der Waals surface area contributed by atoms with Crippen molar-refractivity contribution >= 4 is 56.4 Å². The van der Waals surface area contributed by atoms with Crippen LogP contribution in [-0.2, 0) is 26.2 Å². The number of hydrogen-bond donors (Lipinski definition) is 1. The number of amides is 2. The van der Waals surface area contributed by atoms with Gasteiger partial charge in [-0.1, -0.05) is 49.2 Å². The molecule has 11 nitrogen and oxygen atoms in total. The van der Waals surface area contributed by atoms with Crippen LogP contribution >= 0.6 is 23.2 Å². The molecule has 44 heavy (non-hydrogen) atoms. The van der Waals surface area contributed by atoms with Crippen LogP contribution in [0.5, 0.6) is 5.75 Å². The molecule has 3 aromatic carbocycles. The Labute approximate surface area is 266 Å². The van der Waals surface area contributed by atoms with Crippen LogP contribution in [0.25, 0.3) is 0 Å². The van der Waals surface area contributed by atoms with E-state index in [1.54, 1.807) is 25.1 Å². The van der Waals surface area contributed by atoms with Crippen molar-refractivity contribution in [2.24, 2.45) is 0 Å². The monoisotopic (exact) mass is 664 g/mol. The third-order valence-corrected chi connectivity index (χ3v) is 9.39. The quantitative estimate of drug-likeness (QED) is 0.171. The highest BCUT2D eigenvalue weighted by molar-refractivity contribution is 7.92. The molecule has 0 fully saturated rings. The van der Waals surface area contributed by atoms with Crippen molar-refractivity contribution in [3.05, 3.63) is 92.0 Å². The molecule has 1 atom stereocenters. The zero-order valence-electron chi connectivity index (χ0n) is 24.7. The number of nitrogens with one attached hydrogen (secondary N) is 1. The molecule has 0 saturated heterocycles. The molecular weight excluding hydrogens is 631 g/mol. The van der Waals surface area contributed by atoms with E-state index in [0.717, 1.165) is 10.4 Å². The van der Waals surface area contributed by atoms with Crippen LogP contribution in [0.3, 0.4) is 0 Å². The van der Waals surface area contributed by atoms with E-state index in [9.17, 15) is 28.1 Å². The number of anilines is 1. The maximum atomic E-state index is 14.1. The Balaban J connectivity index is 2.12. The van der Waals surface area contributed by atoms with E-state index in [0.29, 0.717) is 29.3 Å². The highest BCUT2D eigenvalue weighted by atomic mass is 35.5. The van der Waals surface area contributed by atoms with Crippen molar-refractivity contribution in [3.63, 3.8) is 0 Å². The third kappa shape index (κ3) is 8.19. The average Bonchev–Trinajstić information content (AvgIpc) is 3.00. The Morgan fingerprint density at radius 3 is 2.27 bits per heavy atom. The SMILES string of the molecule is CCCNC(=O)[C@@H](CC)N(Cc1ccc(Cl)c(Cl)c1)C(=O)CN(c1ccc(OC)cc1)S(=O)(=O)c1ccc(C)c([N+](=O)[O-])c1. The number of carbonyl (C=O) groups excluding carboxylic acids is 2. The minimum Gasteiger partial charge on any atom is -0.497 e. The molecule has 1 N–H and O–H groups in total. The topological polar surface area (TPSA) is 139 Å². The van der Waals surface area contributed by atoms with Crippen LogP contribution < -0.4 is 14.4 Å². The van der Waals surface area contributed by atoms with Crippen molar-refractivity contribution in [1.82, 2.24) is 10.2 Å². The van der Waals surface area contributed by atoms with Gasteiger partial charge in [0, 0.05) is 24.7 Å². The molecule has 0 aliphatic rings. The minimum atomic E-state index is -4.53. The van der Waals surface area contributed by atoms with Crippen LogP contribution in [0.2, 0.25) is 10.0 Å². The van der Waals surface area contributed by atoms with Gasteiger partial charge in [-0.25, -0.2) is 8.42 Å². The Hall–Kier alpha value is -3.87. The molecule has 0 spiro atoms. The number of ether oxygens (including phenoxy) is 1. The lowest BCUT2D eigenvalue weighted by atomic mass is 10.1. The number of aryl methyl sites for hydroxylation is 1. The van der Waals surface area contributed by atoms with E-state index in [1.807, 2.05) is 6.92 Å². The second-order valence-corrected chi connectivity index (χ2v) is 12.6. The summed E-state index contributed by atoms with van der Waals surface area (Å²) < 4.78 is 34.2. The van der Waals surface area contributed by atoms with Crippen molar-refractivity contribution in [2.75, 3.05) is 24.5 Å². The lowest BCUT2D eigenvalue weighted by Gasteiger charge is -2.33. The van der Waals surface area contributed by atoms with E-state index in [4.69, 9.17) is 27.9 Å². The second kappa shape index (κ2) is 15.2. The van der Waals surface area contributed by atoms with E-state index < -0.39 is 39.3 Å². The summed E-state index contributed by atoms with van der Waals surface area (Å²) in [6.07, 6.45) is 0.914. The van der Waals surface area contributed by atoms with E-state index in [-0.39, 0.29) is 39.8 Å². The summed E-state index contributed by atoms with van der Waals surface area (Å²) in [5.41, 5.74) is 0.576. The van der Waals surface area contributed by atoms with Gasteiger partial charge in [0.05, 0.1) is 32.7 Å². The lowest BCUT2D eigenvalue weighted by molar-refractivity contribution is -0.385. The number of halogens is 2. The lowest BCUT2D eigenvalue weighted by Crippen LogP contribution is -2.52. The number of nitro benzene ring substituents is 1. The summed E-state index contributed by atoms with van der Waals surface area (Å²) in [5.74, 6) is -0.630. The molecule has 236 valence electrons. The standard InChI is InChI=1S/C30H34Cl2N4O7S/c1-5-15-33-30(38)27(6-2)34(18-21-8-14-25(31)26(32)16-21)29(37)19-35(22-9-11-23(43-4)12-10-22)44(41,42)24-13-7-20(3)28(17-24)36(39)40/h7-14,16-17,27H,5-6,15,18-19H2,1-4H3,(H,33,38)/t27-/m1/s1. The van der Waals surface area contributed by atoms with Gasteiger partial charge in [-0.15, -0.1) is 0 Å². The van der Waals surface area contributed by atoms with Gasteiger partial charge in [0.2, 0.25) is 11.8 Å². The van der Waals surface area contributed by atoms with Gasteiger partial charge in [0.25, 0.3) is 15.7 Å². The average molecular weight is 666 g/mol. The molecule has 0 unspecified atom stereocenters. The van der Waals surface area contributed by atoms with Gasteiger partial charge in [-0.3, -0.25) is 24.0 Å². The molecule has 3 rings (SSSR count). The van der Waals surface area contributed by atoms with E-state index in [2.05, 4.69) is 5.32 Å². The summed E-state index contributed by atoms with van der Waals surface area (Å²) in [5, 5.41) is 15.0. The second-order valence-electron chi connectivity index (χ2n) is 9.90. The van der Waals surface area contributed by atoms with Gasteiger partial charge >= 0.3 is 0 Å². The van der Waals surface area contributed by atoms with Crippen LogP contribution in [0, 0.1) is 17.0 Å². The van der Waals surface area contributed by atoms with Gasteiger partial charge in [-0.05, 0) is 67.8 Å². The van der Waals surface area contributed by atoms with Crippen molar-refractivity contribution in [3.8, 4) is 5.75 Å². The molecule has 0 aliphatic carbocycles. The molecule has 0 aliphatic heterocycles. The zero-order chi connectivity index (χ0) is 32.6. The fourth-order valence-electron chi connectivity index (χ4n) is 4.47. The number of nitro groups is 1. The molecule has 0 saturated carbocycles. The van der Waals surface area contributed by atoms with Crippen molar-refractivity contribution in [1.29, 1.82) is 0 Å². The molecule has 0 heterocycles. The van der Waals surface area contributed by atoms with Crippen LogP contribution in [0.4, 0.5) is 11.4 Å². The molecule has 2 amide bonds. The summed E-state index contributed by atoms with van der Waals surface area (Å²) in [4.78, 5) is 39.2. The first-order chi connectivity index (χ1) is 20.8. The maximum absolute atomic E-state index is 14.1. The Morgan fingerprint density at radius 2 is 1.70 bits per heavy atom. The molecule has 0 bridgehead atoms. The molecule has 0 aromatic heterocycles. The molecule has 3 aromatic rings. The fourth-order valence-corrected chi connectivity index (χ4v) is 6.23. The van der Waals surface area contributed by atoms with Gasteiger partial charge in [0.15, 0.2) is 0 Å². The molecular formula is C30H34Cl2N4O7S. The van der Waals surface area contributed by atoms with Crippen LogP contribution in [0.1, 0.15) is 37.8 Å². The fraction of sp³-hybridized carbons (Fsp3) is 0.333. The highest BCUT2D eigenvalue weighted by Crippen LogP contribution is 2.30. The van der Waals surface area contributed by atoms with Gasteiger partial charge in [-0.2, -0.15) is 0 Å². The molecule has 0 radical (unpaired) electrons. The normalized spacial score (nSPS) is 11.9. The van der Waals surface area contributed by atoms with Crippen LogP contribution in [0.15, 0.2) is 65.6 Å². The van der Waals surface area contributed by atoms with Crippen LogP contribution in [-0.4, -0.2) is 56.3 Å². The van der Waals surface area contributed by atoms with Gasteiger partial charge < -0.3 is 15.0 Å². The summed E-state index contributed by atoms with van der Waals surface area (Å²) in [6.45, 7) is 4.74. The Bertz CT molecular complexity index is 1620. The number of methoxy groups -OCH3 is 1.